The van der Waals surface area contributed by atoms with E-state index in [9.17, 15) is 0 Å². The lowest BCUT2D eigenvalue weighted by molar-refractivity contribution is 0.141. The van der Waals surface area contributed by atoms with Gasteiger partial charge >= 0.3 is 0 Å². The summed E-state index contributed by atoms with van der Waals surface area (Å²) in [5, 5.41) is 0. The predicted molar refractivity (Wildman–Crippen MR) is 68.7 cm³/mol. The SMILES string of the molecule is CCCOCCN(C)c1cccc(CN)c1. The molecule has 1 aromatic rings. The number of likely N-dealkylation sites (N-methyl/N-ethyl adjacent to an activating group) is 1. The molecule has 90 valence electrons. The molecule has 0 aliphatic carbocycles. The molecule has 0 saturated carbocycles. The molecule has 2 N–H and O–H groups in total. The maximum atomic E-state index is 5.62. The molecule has 0 radical (unpaired) electrons. The Morgan fingerprint density at radius 3 is 2.81 bits per heavy atom. The Balaban J connectivity index is 2.42. The van der Waals surface area contributed by atoms with Crippen LogP contribution in [0.4, 0.5) is 5.69 Å². The molecular formula is C13H22N2O. The van der Waals surface area contributed by atoms with E-state index >= 15 is 0 Å². The van der Waals surface area contributed by atoms with Gasteiger partial charge in [0.2, 0.25) is 0 Å². The van der Waals surface area contributed by atoms with Gasteiger partial charge in [-0.15, -0.1) is 0 Å². The molecule has 0 saturated heterocycles. The van der Waals surface area contributed by atoms with Crippen LogP contribution >= 0.6 is 0 Å². The minimum Gasteiger partial charge on any atom is -0.380 e. The third-order valence-electron chi connectivity index (χ3n) is 2.51. The van der Waals surface area contributed by atoms with Crippen molar-refractivity contribution in [2.24, 2.45) is 5.73 Å². The third-order valence-corrected chi connectivity index (χ3v) is 2.51. The van der Waals surface area contributed by atoms with Gasteiger partial charge in [-0.25, -0.2) is 0 Å². The highest BCUT2D eigenvalue weighted by Gasteiger charge is 2.00. The van der Waals surface area contributed by atoms with E-state index < -0.39 is 0 Å². The van der Waals surface area contributed by atoms with Crippen LogP contribution in [-0.2, 0) is 11.3 Å². The van der Waals surface area contributed by atoms with Gasteiger partial charge in [0.1, 0.15) is 0 Å². The molecule has 3 heteroatoms. The van der Waals surface area contributed by atoms with E-state index in [1.54, 1.807) is 0 Å². The van der Waals surface area contributed by atoms with Crippen LogP contribution in [0.25, 0.3) is 0 Å². The molecule has 0 aliphatic rings. The van der Waals surface area contributed by atoms with E-state index in [1.165, 1.54) is 11.3 Å². The van der Waals surface area contributed by atoms with Crippen LogP contribution in [0.2, 0.25) is 0 Å². The Morgan fingerprint density at radius 2 is 2.12 bits per heavy atom. The molecular weight excluding hydrogens is 200 g/mol. The lowest BCUT2D eigenvalue weighted by atomic mass is 10.2. The molecule has 0 aromatic heterocycles. The second-order valence-corrected chi connectivity index (χ2v) is 3.91. The van der Waals surface area contributed by atoms with Crippen LogP contribution in [-0.4, -0.2) is 26.8 Å². The van der Waals surface area contributed by atoms with Gasteiger partial charge in [0.25, 0.3) is 0 Å². The Bertz CT molecular complexity index is 302. The summed E-state index contributed by atoms with van der Waals surface area (Å²) >= 11 is 0. The highest BCUT2D eigenvalue weighted by Crippen LogP contribution is 2.14. The van der Waals surface area contributed by atoms with Gasteiger partial charge < -0.3 is 15.4 Å². The normalized spacial score (nSPS) is 10.4. The first-order chi connectivity index (χ1) is 7.77. The van der Waals surface area contributed by atoms with Crippen molar-refractivity contribution in [1.82, 2.24) is 0 Å². The third kappa shape index (κ3) is 4.21. The van der Waals surface area contributed by atoms with Crippen LogP contribution in [0.3, 0.4) is 0 Å². The van der Waals surface area contributed by atoms with Crippen LogP contribution in [0.1, 0.15) is 18.9 Å². The first kappa shape index (κ1) is 13.0. The van der Waals surface area contributed by atoms with E-state index in [1.807, 2.05) is 12.1 Å². The summed E-state index contributed by atoms with van der Waals surface area (Å²) in [4.78, 5) is 2.19. The van der Waals surface area contributed by atoms with Crippen molar-refractivity contribution in [2.45, 2.75) is 19.9 Å². The largest absolute Gasteiger partial charge is 0.380 e. The smallest absolute Gasteiger partial charge is 0.0641 e. The maximum absolute atomic E-state index is 5.62. The fraction of sp³-hybridized carbons (Fsp3) is 0.538. The lowest BCUT2D eigenvalue weighted by Crippen LogP contribution is -2.22. The average molecular weight is 222 g/mol. The monoisotopic (exact) mass is 222 g/mol. The fourth-order valence-corrected chi connectivity index (χ4v) is 1.50. The number of benzene rings is 1. The van der Waals surface area contributed by atoms with Crippen molar-refractivity contribution in [3.63, 3.8) is 0 Å². The van der Waals surface area contributed by atoms with Crippen LogP contribution in [0.5, 0.6) is 0 Å². The highest BCUT2D eigenvalue weighted by molar-refractivity contribution is 5.47. The highest BCUT2D eigenvalue weighted by atomic mass is 16.5. The zero-order valence-electron chi connectivity index (χ0n) is 10.3. The van der Waals surface area contributed by atoms with Gasteiger partial charge in [-0.05, 0) is 24.1 Å². The molecule has 0 amide bonds. The topological polar surface area (TPSA) is 38.5 Å². The Morgan fingerprint density at radius 1 is 1.31 bits per heavy atom. The van der Waals surface area contributed by atoms with Crippen molar-refractivity contribution >= 4 is 5.69 Å². The summed E-state index contributed by atoms with van der Waals surface area (Å²) in [5.41, 5.74) is 7.98. The summed E-state index contributed by atoms with van der Waals surface area (Å²) in [6, 6.07) is 8.31. The second-order valence-electron chi connectivity index (χ2n) is 3.91. The first-order valence-electron chi connectivity index (χ1n) is 5.85. The number of nitrogens with zero attached hydrogens (tertiary/aromatic N) is 1. The molecule has 0 heterocycles. The summed E-state index contributed by atoms with van der Waals surface area (Å²) in [6.07, 6.45) is 1.08. The molecule has 3 nitrogen and oxygen atoms in total. The van der Waals surface area contributed by atoms with Crippen molar-refractivity contribution in [3.05, 3.63) is 29.8 Å². The summed E-state index contributed by atoms with van der Waals surface area (Å²) in [5.74, 6) is 0. The molecule has 16 heavy (non-hydrogen) atoms. The number of nitrogens with two attached hydrogens (primary N) is 1. The van der Waals surface area contributed by atoms with E-state index in [0.717, 1.165) is 26.2 Å². The number of hydrogen-bond acceptors (Lipinski definition) is 3. The zero-order valence-corrected chi connectivity index (χ0v) is 10.3. The van der Waals surface area contributed by atoms with Gasteiger partial charge in [0.15, 0.2) is 0 Å². The summed E-state index contributed by atoms with van der Waals surface area (Å²) in [7, 11) is 2.07. The molecule has 0 atom stereocenters. The quantitative estimate of drug-likeness (QED) is 0.717. The molecule has 0 aliphatic heterocycles. The number of anilines is 1. The van der Waals surface area contributed by atoms with Crippen LogP contribution in [0.15, 0.2) is 24.3 Å². The number of hydrogen-bond donors (Lipinski definition) is 1. The van der Waals surface area contributed by atoms with Gasteiger partial charge in [0, 0.05) is 32.4 Å². The van der Waals surface area contributed by atoms with Crippen molar-refractivity contribution in [1.29, 1.82) is 0 Å². The molecule has 0 spiro atoms. The van der Waals surface area contributed by atoms with Gasteiger partial charge in [0.05, 0.1) is 6.61 Å². The number of rotatable bonds is 7. The second kappa shape index (κ2) is 7.25. The molecule has 0 unspecified atom stereocenters. The average Bonchev–Trinajstić information content (AvgIpc) is 2.34. The number of ether oxygens (including phenoxy) is 1. The Hall–Kier alpha value is -1.06. The van der Waals surface area contributed by atoms with Crippen molar-refractivity contribution in [3.8, 4) is 0 Å². The lowest BCUT2D eigenvalue weighted by Gasteiger charge is -2.19. The predicted octanol–water partition coefficient (Wildman–Crippen LogP) is 2.01. The van der Waals surface area contributed by atoms with Gasteiger partial charge in [-0.2, -0.15) is 0 Å². The summed E-state index contributed by atoms with van der Waals surface area (Å²) < 4.78 is 5.47. The van der Waals surface area contributed by atoms with E-state index in [0.29, 0.717) is 6.54 Å². The van der Waals surface area contributed by atoms with E-state index in [2.05, 4.69) is 31.0 Å². The van der Waals surface area contributed by atoms with Crippen molar-refractivity contribution < 1.29 is 4.74 Å². The zero-order chi connectivity index (χ0) is 11.8. The molecule has 1 aromatic carbocycles. The van der Waals surface area contributed by atoms with Gasteiger partial charge in [-0.1, -0.05) is 19.1 Å². The van der Waals surface area contributed by atoms with Crippen LogP contribution in [0, 0.1) is 0 Å². The first-order valence-corrected chi connectivity index (χ1v) is 5.85. The molecule has 0 bridgehead atoms. The van der Waals surface area contributed by atoms with Gasteiger partial charge in [-0.3, -0.25) is 0 Å². The molecule has 1 rings (SSSR count). The fourth-order valence-electron chi connectivity index (χ4n) is 1.50. The Labute approximate surface area is 98.2 Å². The minimum absolute atomic E-state index is 0.591. The standard InChI is InChI=1S/C13H22N2O/c1-3-8-16-9-7-15(2)13-6-4-5-12(10-13)11-14/h4-6,10H,3,7-9,11,14H2,1-2H3. The summed E-state index contributed by atoms with van der Waals surface area (Å²) in [6.45, 7) is 5.24. The minimum atomic E-state index is 0.591. The maximum Gasteiger partial charge on any atom is 0.0641 e. The van der Waals surface area contributed by atoms with E-state index in [4.69, 9.17) is 10.5 Å². The van der Waals surface area contributed by atoms with E-state index in [-0.39, 0.29) is 0 Å². The van der Waals surface area contributed by atoms with Crippen molar-refractivity contribution in [2.75, 3.05) is 31.7 Å². The van der Waals surface area contributed by atoms with Crippen LogP contribution < -0.4 is 10.6 Å². The molecule has 0 fully saturated rings. The Kier molecular flexibility index (Phi) is 5.90.